The molecule has 0 amide bonds. The zero-order valence-electron chi connectivity index (χ0n) is 10.8. The quantitative estimate of drug-likeness (QED) is 0.745. The molecular weight excluding hydrogens is 262 g/mol. The fraction of sp³-hybridized carbons (Fsp3) is 1.00. The second-order valence-electron chi connectivity index (χ2n) is 5.52. The highest BCUT2D eigenvalue weighted by atomic mass is 32.2. The van der Waals surface area contributed by atoms with E-state index in [4.69, 9.17) is 0 Å². The van der Waals surface area contributed by atoms with Crippen molar-refractivity contribution in [3.63, 3.8) is 0 Å². The van der Waals surface area contributed by atoms with Crippen molar-refractivity contribution in [2.45, 2.75) is 43.6 Å². The molecule has 0 saturated carbocycles. The van der Waals surface area contributed by atoms with Crippen molar-refractivity contribution in [1.82, 2.24) is 4.31 Å². The second-order valence-corrected chi connectivity index (χ2v) is 10.5. The zero-order chi connectivity index (χ0) is 13.5. The summed E-state index contributed by atoms with van der Waals surface area (Å²) in [6.07, 6.45) is 1.95. The van der Waals surface area contributed by atoms with E-state index < -0.39 is 29.9 Å². The van der Waals surface area contributed by atoms with Crippen LogP contribution in [0.2, 0.25) is 0 Å². The average molecular weight is 283 g/mol. The first-order valence-corrected chi connectivity index (χ1v) is 9.04. The molecule has 0 radical (unpaired) electrons. The SMILES string of the molecule is CC(C)(C)S(=O)(=O)C1CCN(S(C)(=O)=O)CC1. The molecule has 1 aliphatic rings. The summed E-state index contributed by atoms with van der Waals surface area (Å²) in [6.45, 7) is 5.67. The number of sulfonamides is 1. The largest absolute Gasteiger partial charge is 0.228 e. The van der Waals surface area contributed by atoms with Crippen molar-refractivity contribution in [1.29, 1.82) is 0 Å². The first kappa shape index (κ1) is 14.9. The summed E-state index contributed by atoms with van der Waals surface area (Å²) in [5, 5.41) is -0.416. The van der Waals surface area contributed by atoms with Crippen LogP contribution in [0.4, 0.5) is 0 Å². The van der Waals surface area contributed by atoms with Crippen LogP contribution in [0, 0.1) is 0 Å². The number of rotatable bonds is 2. The van der Waals surface area contributed by atoms with Crippen LogP contribution in [0.5, 0.6) is 0 Å². The first-order chi connectivity index (χ1) is 7.46. The van der Waals surface area contributed by atoms with Crippen molar-refractivity contribution in [2.24, 2.45) is 0 Å². The lowest BCUT2D eigenvalue weighted by Gasteiger charge is -2.33. The smallest absolute Gasteiger partial charge is 0.211 e. The first-order valence-electron chi connectivity index (χ1n) is 5.65. The van der Waals surface area contributed by atoms with E-state index >= 15 is 0 Å². The topological polar surface area (TPSA) is 71.5 Å². The van der Waals surface area contributed by atoms with Crippen LogP contribution in [-0.2, 0) is 19.9 Å². The summed E-state index contributed by atoms with van der Waals surface area (Å²) in [6, 6.07) is 0. The molecule has 1 saturated heterocycles. The molecule has 0 aromatic heterocycles. The Hall–Kier alpha value is -0.140. The van der Waals surface area contributed by atoms with Crippen molar-refractivity contribution >= 4 is 19.9 Å². The molecule has 0 atom stereocenters. The lowest BCUT2D eigenvalue weighted by atomic mass is 10.2. The minimum atomic E-state index is -3.19. The minimum Gasteiger partial charge on any atom is -0.228 e. The van der Waals surface area contributed by atoms with E-state index in [0.29, 0.717) is 25.9 Å². The molecule has 0 spiro atoms. The molecule has 7 heteroatoms. The Morgan fingerprint density at radius 2 is 1.41 bits per heavy atom. The molecule has 1 fully saturated rings. The Morgan fingerprint density at radius 3 is 1.71 bits per heavy atom. The summed E-state index contributed by atoms with van der Waals surface area (Å²) in [7, 11) is -6.38. The fourth-order valence-electron chi connectivity index (χ4n) is 1.97. The van der Waals surface area contributed by atoms with Gasteiger partial charge in [-0.05, 0) is 33.6 Å². The third-order valence-corrected chi connectivity index (χ3v) is 7.52. The molecule has 1 rings (SSSR count). The molecule has 0 N–H and O–H groups in total. The van der Waals surface area contributed by atoms with Gasteiger partial charge in [-0.2, -0.15) is 0 Å². The Morgan fingerprint density at radius 1 is 1.00 bits per heavy atom. The standard InChI is InChI=1S/C10H21NO4S2/c1-10(2,3)17(14,15)9-5-7-11(8-6-9)16(4,12)13/h9H,5-8H2,1-4H3. The summed E-state index contributed by atoms with van der Waals surface area (Å²) in [5.41, 5.74) is 0. The molecule has 0 aromatic rings. The molecule has 0 unspecified atom stereocenters. The van der Waals surface area contributed by atoms with Gasteiger partial charge >= 0.3 is 0 Å². The Labute approximate surface area is 104 Å². The second kappa shape index (κ2) is 4.51. The van der Waals surface area contributed by atoms with Gasteiger partial charge in [0.1, 0.15) is 0 Å². The summed E-state index contributed by atoms with van der Waals surface area (Å²) in [4.78, 5) is 0. The summed E-state index contributed by atoms with van der Waals surface area (Å²) in [5.74, 6) is 0. The maximum Gasteiger partial charge on any atom is 0.211 e. The molecular formula is C10H21NO4S2. The molecule has 1 aliphatic heterocycles. The maximum atomic E-state index is 12.2. The maximum absolute atomic E-state index is 12.2. The van der Waals surface area contributed by atoms with Gasteiger partial charge in [0.05, 0.1) is 16.3 Å². The van der Waals surface area contributed by atoms with Gasteiger partial charge < -0.3 is 0 Å². The van der Waals surface area contributed by atoms with Crippen LogP contribution in [0.25, 0.3) is 0 Å². The van der Waals surface area contributed by atoms with Crippen LogP contribution >= 0.6 is 0 Å². The van der Waals surface area contributed by atoms with E-state index in [-0.39, 0.29) is 0 Å². The van der Waals surface area contributed by atoms with Crippen LogP contribution in [0.3, 0.4) is 0 Å². The molecule has 1 heterocycles. The zero-order valence-corrected chi connectivity index (χ0v) is 12.4. The number of hydrogen-bond donors (Lipinski definition) is 0. The number of sulfone groups is 1. The van der Waals surface area contributed by atoms with Gasteiger partial charge in [-0.1, -0.05) is 0 Å². The molecule has 17 heavy (non-hydrogen) atoms. The van der Waals surface area contributed by atoms with Crippen LogP contribution < -0.4 is 0 Å². The van der Waals surface area contributed by atoms with Crippen molar-refractivity contribution < 1.29 is 16.8 Å². The van der Waals surface area contributed by atoms with Crippen LogP contribution in [0.15, 0.2) is 0 Å². The predicted molar refractivity (Wildman–Crippen MR) is 68.1 cm³/mol. The highest BCUT2D eigenvalue weighted by Gasteiger charge is 2.39. The highest BCUT2D eigenvalue weighted by Crippen LogP contribution is 2.28. The Balaban J connectivity index is 2.78. The monoisotopic (exact) mass is 283 g/mol. The van der Waals surface area contributed by atoms with E-state index in [1.165, 1.54) is 4.31 Å². The Bertz CT molecular complexity index is 465. The van der Waals surface area contributed by atoms with E-state index in [2.05, 4.69) is 0 Å². The molecule has 0 bridgehead atoms. The minimum absolute atomic E-state index is 0.304. The molecule has 0 aliphatic carbocycles. The number of hydrogen-bond acceptors (Lipinski definition) is 4. The third kappa shape index (κ3) is 3.20. The van der Waals surface area contributed by atoms with E-state index in [1.807, 2.05) is 0 Å². The van der Waals surface area contributed by atoms with Crippen molar-refractivity contribution in [3.8, 4) is 0 Å². The number of nitrogens with zero attached hydrogens (tertiary/aromatic N) is 1. The van der Waals surface area contributed by atoms with Gasteiger partial charge in [0.2, 0.25) is 10.0 Å². The normalized spacial score (nSPS) is 21.6. The lowest BCUT2D eigenvalue weighted by Crippen LogP contribution is -2.46. The number of piperidine rings is 1. The van der Waals surface area contributed by atoms with Gasteiger partial charge in [-0.15, -0.1) is 0 Å². The lowest BCUT2D eigenvalue weighted by molar-refractivity contribution is 0.345. The fourth-order valence-corrected chi connectivity index (χ4v) is 4.68. The average Bonchev–Trinajstić information content (AvgIpc) is 2.15. The van der Waals surface area contributed by atoms with E-state index in [0.717, 1.165) is 6.26 Å². The van der Waals surface area contributed by atoms with Gasteiger partial charge in [-0.3, -0.25) is 0 Å². The Kier molecular flexibility index (Phi) is 3.96. The molecule has 5 nitrogen and oxygen atoms in total. The summed E-state index contributed by atoms with van der Waals surface area (Å²) >= 11 is 0. The molecule has 0 aromatic carbocycles. The molecule has 102 valence electrons. The van der Waals surface area contributed by atoms with Crippen molar-refractivity contribution in [2.75, 3.05) is 19.3 Å². The van der Waals surface area contributed by atoms with Gasteiger partial charge in [0, 0.05) is 13.1 Å². The van der Waals surface area contributed by atoms with Gasteiger partial charge in [0.15, 0.2) is 9.84 Å². The summed E-state index contributed by atoms with van der Waals surface area (Å²) < 4.78 is 47.6. The van der Waals surface area contributed by atoms with E-state index in [9.17, 15) is 16.8 Å². The van der Waals surface area contributed by atoms with Gasteiger partial charge in [-0.25, -0.2) is 21.1 Å². The van der Waals surface area contributed by atoms with Crippen LogP contribution in [-0.4, -0.2) is 50.5 Å². The van der Waals surface area contributed by atoms with Crippen LogP contribution in [0.1, 0.15) is 33.6 Å². The van der Waals surface area contributed by atoms with Crippen molar-refractivity contribution in [3.05, 3.63) is 0 Å². The third-order valence-electron chi connectivity index (χ3n) is 3.16. The predicted octanol–water partition coefficient (Wildman–Crippen LogP) is 0.624. The highest BCUT2D eigenvalue weighted by molar-refractivity contribution is 7.93. The van der Waals surface area contributed by atoms with Gasteiger partial charge in [0.25, 0.3) is 0 Å². The van der Waals surface area contributed by atoms with E-state index in [1.54, 1.807) is 20.8 Å².